The Hall–Kier alpha value is -2.42. The predicted octanol–water partition coefficient (Wildman–Crippen LogP) is 4.35. The Morgan fingerprint density at radius 3 is 2.81 bits per heavy atom. The van der Waals surface area contributed by atoms with Crippen LogP contribution in [0.1, 0.15) is 5.56 Å². The topological polar surface area (TPSA) is 66.8 Å². The zero-order valence-electron chi connectivity index (χ0n) is 13.5. The Bertz CT molecular complexity index is 980. The van der Waals surface area contributed by atoms with Gasteiger partial charge >= 0.3 is 5.97 Å². The number of aliphatic carboxylic acids is 1. The molecule has 3 rings (SSSR count). The SMILES string of the molecule is O=C(O)COc1cccc(/C=C2/SC(=S)N(c3ccc(F)c(Cl)c3)C2=O)c1. The number of carbonyl (C=O) groups excluding carboxylic acids is 1. The van der Waals surface area contributed by atoms with Crippen molar-refractivity contribution in [2.45, 2.75) is 0 Å². The van der Waals surface area contributed by atoms with Gasteiger partial charge in [-0.05, 0) is 42.0 Å². The van der Waals surface area contributed by atoms with Gasteiger partial charge in [-0.25, -0.2) is 9.18 Å². The number of ether oxygens (including phenoxy) is 1. The van der Waals surface area contributed by atoms with E-state index >= 15 is 0 Å². The number of nitrogens with zero attached hydrogens (tertiary/aromatic N) is 1. The average Bonchev–Trinajstić information content (AvgIpc) is 2.89. The number of carbonyl (C=O) groups is 2. The fourth-order valence-corrected chi connectivity index (χ4v) is 3.78. The van der Waals surface area contributed by atoms with Gasteiger partial charge in [0, 0.05) is 0 Å². The zero-order valence-corrected chi connectivity index (χ0v) is 15.9. The summed E-state index contributed by atoms with van der Waals surface area (Å²) in [7, 11) is 0. The molecule has 1 aliphatic rings. The Morgan fingerprint density at radius 2 is 2.11 bits per heavy atom. The standard InChI is InChI=1S/C18H11ClFNO4S2/c19-13-8-11(4-5-14(13)20)21-17(24)15(27-18(21)26)7-10-2-1-3-12(6-10)25-9-16(22)23/h1-8H,9H2,(H,22,23)/b15-7+. The van der Waals surface area contributed by atoms with Crippen molar-refractivity contribution in [2.75, 3.05) is 11.5 Å². The lowest BCUT2D eigenvalue weighted by Crippen LogP contribution is -2.27. The van der Waals surface area contributed by atoms with E-state index in [1.807, 2.05) is 0 Å². The smallest absolute Gasteiger partial charge is 0.341 e. The summed E-state index contributed by atoms with van der Waals surface area (Å²) in [6.45, 7) is -0.461. The highest BCUT2D eigenvalue weighted by molar-refractivity contribution is 8.27. The number of carboxylic acid groups (broad SMARTS) is 1. The van der Waals surface area contributed by atoms with Gasteiger partial charge in [0.15, 0.2) is 10.9 Å². The lowest BCUT2D eigenvalue weighted by Gasteiger charge is -2.14. The van der Waals surface area contributed by atoms with Crippen LogP contribution in [0.4, 0.5) is 10.1 Å². The molecule has 0 atom stereocenters. The van der Waals surface area contributed by atoms with Gasteiger partial charge in [0.25, 0.3) is 5.91 Å². The van der Waals surface area contributed by atoms with E-state index in [0.717, 1.165) is 11.8 Å². The number of hydrogen-bond acceptors (Lipinski definition) is 5. The van der Waals surface area contributed by atoms with Crippen LogP contribution in [0.5, 0.6) is 5.75 Å². The molecule has 0 aromatic heterocycles. The third-order valence-electron chi connectivity index (χ3n) is 3.47. The van der Waals surface area contributed by atoms with Crippen molar-refractivity contribution in [3.63, 3.8) is 0 Å². The van der Waals surface area contributed by atoms with E-state index in [2.05, 4.69) is 0 Å². The van der Waals surface area contributed by atoms with Crippen molar-refractivity contribution in [2.24, 2.45) is 0 Å². The van der Waals surface area contributed by atoms with Crippen molar-refractivity contribution in [3.8, 4) is 5.75 Å². The van der Waals surface area contributed by atoms with Gasteiger partial charge in [0.1, 0.15) is 11.6 Å². The molecule has 0 radical (unpaired) electrons. The fraction of sp³-hybridized carbons (Fsp3) is 0.0556. The molecule has 0 saturated carbocycles. The van der Waals surface area contributed by atoms with Crippen LogP contribution in [-0.2, 0) is 9.59 Å². The van der Waals surface area contributed by atoms with Gasteiger partial charge in [-0.15, -0.1) is 0 Å². The molecular formula is C18H11ClFNO4S2. The van der Waals surface area contributed by atoms with E-state index in [4.69, 9.17) is 33.7 Å². The van der Waals surface area contributed by atoms with Crippen LogP contribution in [-0.4, -0.2) is 27.9 Å². The lowest BCUT2D eigenvalue weighted by molar-refractivity contribution is -0.139. The summed E-state index contributed by atoms with van der Waals surface area (Å²) in [4.78, 5) is 25.0. The summed E-state index contributed by atoms with van der Waals surface area (Å²) in [5.74, 6) is -1.66. The van der Waals surface area contributed by atoms with Crippen LogP contribution >= 0.6 is 35.6 Å². The molecule has 2 aromatic carbocycles. The quantitative estimate of drug-likeness (QED) is 0.569. The minimum Gasteiger partial charge on any atom is -0.482 e. The monoisotopic (exact) mass is 423 g/mol. The molecule has 0 bridgehead atoms. The summed E-state index contributed by atoms with van der Waals surface area (Å²) >= 11 is 12.2. The molecule has 1 N–H and O–H groups in total. The molecule has 1 aliphatic heterocycles. The van der Waals surface area contributed by atoms with Gasteiger partial charge in [-0.1, -0.05) is 47.7 Å². The summed E-state index contributed by atoms with van der Waals surface area (Å²) in [6.07, 6.45) is 1.62. The van der Waals surface area contributed by atoms with Crippen LogP contribution in [0.15, 0.2) is 47.4 Å². The number of amides is 1. The van der Waals surface area contributed by atoms with Gasteiger partial charge < -0.3 is 9.84 Å². The van der Waals surface area contributed by atoms with Crippen molar-refractivity contribution >= 4 is 63.5 Å². The third kappa shape index (κ3) is 4.47. The number of hydrogen-bond donors (Lipinski definition) is 1. The minimum atomic E-state index is -1.08. The number of carboxylic acids is 1. The second kappa shape index (κ2) is 8.08. The van der Waals surface area contributed by atoms with Gasteiger partial charge in [0.05, 0.1) is 15.6 Å². The van der Waals surface area contributed by atoms with E-state index < -0.39 is 18.4 Å². The van der Waals surface area contributed by atoms with E-state index in [9.17, 15) is 14.0 Å². The van der Waals surface area contributed by atoms with Gasteiger partial charge in [0.2, 0.25) is 0 Å². The molecule has 2 aromatic rings. The number of anilines is 1. The average molecular weight is 424 g/mol. The normalized spacial score (nSPS) is 15.5. The number of thiocarbonyl (C=S) groups is 1. The first-order chi connectivity index (χ1) is 12.8. The summed E-state index contributed by atoms with van der Waals surface area (Å²) < 4.78 is 18.8. The van der Waals surface area contributed by atoms with Crippen LogP contribution < -0.4 is 9.64 Å². The second-order valence-electron chi connectivity index (χ2n) is 5.37. The highest BCUT2D eigenvalue weighted by Crippen LogP contribution is 2.37. The number of benzene rings is 2. The van der Waals surface area contributed by atoms with Crippen LogP contribution in [0.2, 0.25) is 5.02 Å². The van der Waals surface area contributed by atoms with Crippen molar-refractivity contribution in [3.05, 3.63) is 63.8 Å². The fourth-order valence-electron chi connectivity index (χ4n) is 2.31. The summed E-state index contributed by atoms with van der Waals surface area (Å²) in [6, 6.07) is 10.6. The predicted molar refractivity (Wildman–Crippen MR) is 107 cm³/mol. The minimum absolute atomic E-state index is 0.103. The maximum Gasteiger partial charge on any atom is 0.341 e. The number of halogens is 2. The molecular weight excluding hydrogens is 413 g/mol. The van der Waals surface area contributed by atoms with E-state index in [-0.39, 0.29) is 10.9 Å². The Balaban J connectivity index is 1.85. The summed E-state index contributed by atoms with van der Waals surface area (Å²) in [5.41, 5.74) is 1.03. The molecule has 1 saturated heterocycles. The van der Waals surface area contributed by atoms with Gasteiger partial charge in [-0.3, -0.25) is 9.69 Å². The van der Waals surface area contributed by atoms with Crippen LogP contribution in [0.25, 0.3) is 6.08 Å². The van der Waals surface area contributed by atoms with E-state index in [1.54, 1.807) is 30.3 Å². The summed E-state index contributed by atoms with van der Waals surface area (Å²) in [5, 5.41) is 8.57. The molecule has 27 heavy (non-hydrogen) atoms. The zero-order chi connectivity index (χ0) is 19.6. The molecule has 138 valence electrons. The first kappa shape index (κ1) is 19.3. The lowest BCUT2D eigenvalue weighted by atomic mass is 10.2. The molecule has 1 amide bonds. The first-order valence-electron chi connectivity index (χ1n) is 7.53. The molecule has 1 heterocycles. The first-order valence-corrected chi connectivity index (χ1v) is 9.13. The van der Waals surface area contributed by atoms with Crippen LogP contribution in [0, 0.1) is 5.82 Å². The highest BCUT2D eigenvalue weighted by Gasteiger charge is 2.33. The molecule has 5 nitrogen and oxygen atoms in total. The van der Waals surface area contributed by atoms with Gasteiger partial charge in [-0.2, -0.15) is 0 Å². The molecule has 9 heteroatoms. The van der Waals surface area contributed by atoms with Crippen molar-refractivity contribution in [1.82, 2.24) is 0 Å². The molecule has 0 aliphatic carbocycles. The Morgan fingerprint density at radius 1 is 1.33 bits per heavy atom. The highest BCUT2D eigenvalue weighted by atomic mass is 35.5. The Labute approximate surface area is 168 Å². The van der Waals surface area contributed by atoms with E-state index in [0.29, 0.717) is 26.2 Å². The van der Waals surface area contributed by atoms with Crippen molar-refractivity contribution < 1.29 is 23.8 Å². The molecule has 1 fully saturated rings. The Kier molecular flexibility index (Phi) is 5.79. The number of rotatable bonds is 5. The maximum atomic E-state index is 13.4. The molecule has 0 unspecified atom stereocenters. The third-order valence-corrected chi connectivity index (χ3v) is 5.07. The van der Waals surface area contributed by atoms with E-state index in [1.165, 1.54) is 23.1 Å². The number of thioether (sulfide) groups is 1. The maximum absolute atomic E-state index is 13.4. The van der Waals surface area contributed by atoms with Crippen LogP contribution in [0.3, 0.4) is 0 Å². The largest absolute Gasteiger partial charge is 0.482 e. The molecule has 0 spiro atoms. The second-order valence-corrected chi connectivity index (χ2v) is 7.45. The van der Waals surface area contributed by atoms with Crippen molar-refractivity contribution in [1.29, 1.82) is 0 Å².